The van der Waals surface area contributed by atoms with Crippen LogP contribution in [0.5, 0.6) is 0 Å². The van der Waals surface area contributed by atoms with Crippen molar-refractivity contribution in [2.75, 3.05) is 0 Å². The molecule has 0 fully saturated rings. The molecule has 6 nitrogen and oxygen atoms in total. The first-order valence-corrected chi connectivity index (χ1v) is 24.9. The topological polar surface area (TPSA) is 68.3 Å². The van der Waals surface area contributed by atoms with Crippen LogP contribution in [-0.2, 0) is 0 Å². The third kappa shape index (κ3) is 6.76. The molecule has 0 radical (unpaired) electrons. The Morgan fingerprint density at radius 3 is 1.73 bits per heavy atom. The molecule has 0 saturated heterocycles. The highest BCUT2D eigenvalue weighted by molar-refractivity contribution is 7.22. The summed E-state index contributed by atoms with van der Waals surface area (Å²) < 4.78 is 4.70. The van der Waals surface area contributed by atoms with Gasteiger partial charge in [0.25, 0.3) is 5.01 Å². The van der Waals surface area contributed by atoms with E-state index in [1.165, 1.54) is 4.70 Å². The maximum atomic E-state index is 5.50. The van der Waals surface area contributed by atoms with Crippen LogP contribution < -0.4 is 4.57 Å². The summed E-state index contributed by atoms with van der Waals surface area (Å²) in [6, 6.07) is 78.7. The van der Waals surface area contributed by atoms with Crippen molar-refractivity contribution in [3.63, 3.8) is 0 Å². The molecule has 70 heavy (non-hydrogen) atoms. The molecule has 0 bridgehead atoms. The maximum Gasteiger partial charge on any atom is 0.275 e. The van der Waals surface area contributed by atoms with E-state index in [9.17, 15) is 0 Å². The maximum absolute atomic E-state index is 5.50. The zero-order chi connectivity index (χ0) is 46.1. The van der Waals surface area contributed by atoms with Crippen molar-refractivity contribution in [2.24, 2.45) is 0 Å². The zero-order valence-corrected chi connectivity index (χ0v) is 39.0. The molecule has 0 aliphatic rings. The number of nitrogens with zero attached hydrogens (tertiary/aromatic N) is 6. The molecule has 4 heterocycles. The van der Waals surface area contributed by atoms with E-state index in [-0.39, 0.29) is 0 Å². The number of benzene rings is 10. The van der Waals surface area contributed by atoms with Crippen LogP contribution in [0.15, 0.2) is 224 Å². The molecule has 10 aromatic carbocycles. The van der Waals surface area contributed by atoms with Crippen LogP contribution in [0.4, 0.5) is 0 Å². The minimum Gasteiger partial charge on any atom is -0.236 e. The molecule has 0 saturated carbocycles. The van der Waals surface area contributed by atoms with E-state index in [0.717, 1.165) is 120 Å². The van der Waals surface area contributed by atoms with E-state index in [4.69, 9.17) is 24.9 Å². The van der Waals surface area contributed by atoms with Gasteiger partial charge < -0.3 is 0 Å². The second kappa shape index (κ2) is 16.5. The van der Waals surface area contributed by atoms with Crippen molar-refractivity contribution >= 4 is 86.5 Å². The quantitative estimate of drug-likeness (QED) is 0.149. The van der Waals surface area contributed by atoms with Crippen LogP contribution in [-0.4, -0.2) is 24.9 Å². The van der Waals surface area contributed by atoms with Crippen LogP contribution in [0.25, 0.3) is 136 Å². The van der Waals surface area contributed by atoms with E-state index in [0.29, 0.717) is 11.6 Å². The average molecular weight is 930 g/mol. The van der Waals surface area contributed by atoms with E-state index in [2.05, 4.69) is 205 Å². The van der Waals surface area contributed by atoms with E-state index in [1.54, 1.807) is 22.7 Å². The van der Waals surface area contributed by atoms with Gasteiger partial charge in [-0.1, -0.05) is 175 Å². The summed E-state index contributed by atoms with van der Waals surface area (Å²) in [5, 5.41) is 8.65. The summed E-state index contributed by atoms with van der Waals surface area (Å²) in [6.07, 6.45) is 0. The van der Waals surface area contributed by atoms with Crippen LogP contribution in [0, 0.1) is 0 Å². The van der Waals surface area contributed by atoms with Gasteiger partial charge in [0.2, 0.25) is 11.2 Å². The van der Waals surface area contributed by atoms with Gasteiger partial charge in [0.1, 0.15) is 9.71 Å². The molecular weight excluding hydrogens is 893 g/mol. The SMILES string of the molecule is c1ccc(-c2nc3ccc4cccc(-c5nc(-c6ccccc6)c6ccc(-[n+]7c(-c8ccccc8)sc8c9cc(-c%10nc(-c%11ccccc%11)c%11ccccc%11n%10)ccc9ccc87)cc6n5)c4c3s2)cc1. The number of fused-ring (bicyclic) bond motifs is 8. The van der Waals surface area contributed by atoms with Gasteiger partial charge in [-0.15, -0.1) is 15.9 Å². The van der Waals surface area contributed by atoms with Gasteiger partial charge in [-0.25, -0.2) is 24.9 Å². The Balaban J connectivity index is 0.979. The van der Waals surface area contributed by atoms with E-state index < -0.39 is 0 Å². The van der Waals surface area contributed by atoms with Crippen LogP contribution in [0.3, 0.4) is 0 Å². The summed E-state index contributed by atoms with van der Waals surface area (Å²) in [5.74, 6) is 1.37. The van der Waals surface area contributed by atoms with Crippen molar-refractivity contribution in [3.8, 4) is 72.1 Å². The molecule has 0 amide bonds. The summed E-state index contributed by atoms with van der Waals surface area (Å²) in [4.78, 5) is 26.4. The fourth-order valence-electron chi connectivity index (χ4n) is 9.84. The molecular formula is C62H37N6S2+. The highest BCUT2D eigenvalue weighted by Crippen LogP contribution is 2.42. The van der Waals surface area contributed by atoms with Gasteiger partial charge >= 0.3 is 0 Å². The smallest absolute Gasteiger partial charge is 0.236 e. The standard InChI is InChI=1S/C62H37N6S2/c1-5-16-40(17-6-1)55-46-25-13-14-27-50(46)63-59(66-55)44-29-28-38-31-35-53-57(49(38)36-44)70-62(43-22-11-4-12-23-43)68(53)45-32-33-47-52(37-45)64-60(67-56(47)41-18-7-2-8-19-41)48-26-15-24-39-30-34-51-58(54(39)48)69-61(65-51)42-20-9-3-10-21-42/h1-37H/q+1. The minimum atomic E-state index is 0.671. The molecule has 0 unspecified atom stereocenters. The Labute approximate surface area is 410 Å². The van der Waals surface area contributed by atoms with E-state index in [1.807, 2.05) is 24.3 Å². The average Bonchev–Trinajstić information content (AvgIpc) is 4.06. The Morgan fingerprint density at radius 2 is 0.971 bits per heavy atom. The second-order valence-corrected chi connectivity index (χ2v) is 19.4. The largest absolute Gasteiger partial charge is 0.275 e. The Bertz CT molecular complexity index is 4340. The first-order valence-electron chi connectivity index (χ1n) is 23.2. The number of hydrogen-bond acceptors (Lipinski definition) is 7. The predicted octanol–water partition coefficient (Wildman–Crippen LogP) is 16.0. The lowest BCUT2D eigenvalue weighted by Crippen LogP contribution is -2.31. The molecule has 14 rings (SSSR count). The normalized spacial score (nSPS) is 11.7. The monoisotopic (exact) mass is 929 g/mol. The third-order valence-corrected chi connectivity index (χ3v) is 15.6. The van der Waals surface area contributed by atoms with Crippen LogP contribution >= 0.6 is 22.7 Å². The second-order valence-electron chi connectivity index (χ2n) is 17.4. The lowest BCUT2D eigenvalue weighted by Gasteiger charge is -2.12. The minimum absolute atomic E-state index is 0.671. The van der Waals surface area contributed by atoms with Gasteiger partial charge in [0.15, 0.2) is 11.6 Å². The number of hydrogen-bond donors (Lipinski definition) is 0. The highest BCUT2D eigenvalue weighted by Gasteiger charge is 2.28. The third-order valence-electron chi connectivity index (χ3n) is 13.2. The van der Waals surface area contributed by atoms with Crippen molar-refractivity contribution in [1.29, 1.82) is 0 Å². The van der Waals surface area contributed by atoms with Crippen molar-refractivity contribution in [1.82, 2.24) is 24.9 Å². The predicted molar refractivity (Wildman–Crippen MR) is 290 cm³/mol. The van der Waals surface area contributed by atoms with Gasteiger partial charge in [0.05, 0.1) is 38.2 Å². The van der Waals surface area contributed by atoms with E-state index >= 15 is 0 Å². The first-order chi connectivity index (χ1) is 34.7. The molecule has 326 valence electrons. The van der Waals surface area contributed by atoms with Crippen LogP contribution in [0.1, 0.15) is 0 Å². The molecule has 8 heteroatoms. The fraction of sp³-hybridized carbons (Fsp3) is 0. The van der Waals surface area contributed by atoms with Gasteiger partial charge in [-0.3, -0.25) is 0 Å². The zero-order valence-electron chi connectivity index (χ0n) is 37.4. The molecule has 0 spiro atoms. The van der Waals surface area contributed by atoms with Crippen molar-refractivity contribution in [2.45, 2.75) is 0 Å². The van der Waals surface area contributed by atoms with Gasteiger partial charge in [-0.2, -0.15) is 0 Å². The lowest BCUT2D eigenvalue weighted by molar-refractivity contribution is -0.550. The summed E-state index contributed by atoms with van der Waals surface area (Å²) in [5.41, 5.74) is 12.9. The van der Waals surface area contributed by atoms with Gasteiger partial charge in [-0.05, 0) is 53.2 Å². The fourth-order valence-corrected chi connectivity index (χ4v) is 12.3. The molecule has 0 atom stereocenters. The Kier molecular flexibility index (Phi) is 9.46. The van der Waals surface area contributed by atoms with Crippen LogP contribution in [0.2, 0.25) is 0 Å². The first kappa shape index (κ1) is 40.3. The highest BCUT2D eigenvalue weighted by atomic mass is 32.1. The molecule has 14 aromatic rings. The number of aromatic nitrogens is 6. The molecule has 4 aromatic heterocycles. The van der Waals surface area contributed by atoms with Crippen molar-refractivity contribution < 1.29 is 4.57 Å². The number of para-hydroxylation sites is 1. The Hall–Kier alpha value is -8.82. The Morgan fingerprint density at radius 1 is 0.343 bits per heavy atom. The van der Waals surface area contributed by atoms with Crippen molar-refractivity contribution in [3.05, 3.63) is 224 Å². The summed E-state index contributed by atoms with van der Waals surface area (Å²) in [6.45, 7) is 0. The lowest BCUT2D eigenvalue weighted by atomic mass is 10.0. The molecule has 0 aliphatic heterocycles. The number of thiazole rings is 2. The summed E-state index contributed by atoms with van der Waals surface area (Å²) >= 11 is 3.52. The summed E-state index contributed by atoms with van der Waals surface area (Å²) in [7, 11) is 0. The molecule has 0 N–H and O–H groups in total. The number of rotatable bonds is 7. The van der Waals surface area contributed by atoms with Gasteiger partial charge in [0, 0.05) is 67.6 Å². The molecule has 0 aliphatic carbocycles.